The molecule has 0 spiro atoms. The molecule has 0 N–H and O–H groups in total. The van der Waals surface area contributed by atoms with E-state index >= 15 is 0 Å². The van der Waals surface area contributed by atoms with Crippen LogP contribution < -0.4 is 14.2 Å². The summed E-state index contributed by atoms with van der Waals surface area (Å²) in [5, 5.41) is 0. The predicted molar refractivity (Wildman–Crippen MR) is 93.9 cm³/mol. The second-order valence-corrected chi connectivity index (χ2v) is 5.96. The molecule has 6 nitrogen and oxygen atoms in total. The van der Waals surface area contributed by atoms with E-state index in [1.807, 2.05) is 0 Å². The number of Topliss-reactive ketones (excluding diaryl/α,β-unsaturated/α-hetero) is 1. The van der Waals surface area contributed by atoms with E-state index in [-0.39, 0.29) is 31.0 Å². The molecule has 0 radical (unpaired) electrons. The maximum absolute atomic E-state index is 12.3. The van der Waals surface area contributed by atoms with Gasteiger partial charge in [-0.2, -0.15) is 8.78 Å². The van der Waals surface area contributed by atoms with Crippen LogP contribution in [0.3, 0.4) is 0 Å². The number of esters is 1. The van der Waals surface area contributed by atoms with Gasteiger partial charge in [-0.1, -0.05) is 12.1 Å². The molecular weight excluding hydrogens is 374 g/mol. The van der Waals surface area contributed by atoms with E-state index < -0.39 is 12.6 Å². The van der Waals surface area contributed by atoms with E-state index in [4.69, 9.17) is 14.2 Å². The molecule has 1 aliphatic heterocycles. The molecule has 0 fully saturated rings. The molecule has 2 aromatic carbocycles. The van der Waals surface area contributed by atoms with Crippen LogP contribution in [0, 0.1) is 0 Å². The van der Waals surface area contributed by atoms with E-state index in [9.17, 15) is 18.4 Å². The molecule has 1 heterocycles. The van der Waals surface area contributed by atoms with E-state index in [1.54, 1.807) is 18.2 Å². The topological polar surface area (TPSA) is 71.1 Å². The molecule has 0 atom stereocenters. The molecular formula is C20H18F2O6. The van der Waals surface area contributed by atoms with Crippen LogP contribution in [-0.4, -0.2) is 31.6 Å². The van der Waals surface area contributed by atoms with Gasteiger partial charge in [0.1, 0.15) is 25.6 Å². The highest BCUT2D eigenvalue weighted by molar-refractivity contribution is 5.98. The van der Waals surface area contributed by atoms with Gasteiger partial charge in [-0.3, -0.25) is 9.59 Å². The smallest absolute Gasteiger partial charge is 0.387 e. The van der Waals surface area contributed by atoms with Gasteiger partial charge < -0.3 is 18.9 Å². The van der Waals surface area contributed by atoms with Crippen molar-refractivity contribution in [2.45, 2.75) is 26.1 Å². The van der Waals surface area contributed by atoms with Crippen molar-refractivity contribution in [1.82, 2.24) is 0 Å². The summed E-state index contributed by atoms with van der Waals surface area (Å²) >= 11 is 0. The van der Waals surface area contributed by atoms with Gasteiger partial charge in [-0.05, 0) is 35.9 Å². The normalized spacial score (nSPS) is 12.5. The monoisotopic (exact) mass is 392 g/mol. The van der Waals surface area contributed by atoms with E-state index in [0.29, 0.717) is 35.8 Å². The maximum atomic E-state index is 12.3. The number of carbonyl (C=O) groups excluding carboxylic acids is 2. The Kier molecular flexibility index (Phi) is 6.41. The molecule has 0 aromatic heterocycles. The number of halogens is 2. The average Bonchev–Trinajstić information content (AvgIpc) is 2.70. The van der Waals surface area contributed by atoms with Crippen molar-refractivity contribution in [3.63, 3.8) is 0 Å². The summed E-state index contributed by atoms with van der Waals surface area (Å²) in [5.41, 5.74) is 1.06. The number of alkyl halides is 2. The number of benzene rings is 2. The molecule has 1 aliphatic rings. The standard InChI is InChI=1S/C20H18F2O6/c21-20(22)28-15-4-1-13(2-5-15)12-27-19(24)8-6-16(23)14-3-7-17-18(11-14)26-10-9-25-17/h1-5,7,11,20H,6,8-10,12H2. The molecule has 0 aliphatic carbocycles. The molecule has 0 saturated heterocycles. The first-order chi connectivity index (χ1) is 13.5. The Balaban J connectivity index is 1.44. The van der Waals surface area contributed by atoms with Crippen LogP contribution in [0.5, 0.6) is 17.2 Å². The van der Waals surface area contributed by atoms with Crippen LogP contribution in [0.15, 0.2) is 42.5 Å². The van der Waals surface area contributed by atoms with Gasteiger partial charge in [0.05, 0.1) is 6.42 Å². The van der Waals surface area contributed by atoms with Crippen LogP contribution in [-0.2, 0) is 16.1 Å². The number of ketones is 1. The molecule has 8 heteroatoms. The van der Waals surface area contributed by atoms with Crippen LogP contribution in [0.1, 0.15) is 28.8 Å². The fourth-order valence-electron chi connectivity index (χ4n) is 2.58. The predicted octanol–water partition coefficient (Wildman–Crippen LogP) is 3.77. The Morgan fingerprint density at radius 2 is 1.68 bits per heavy atom. The molecule has 28 heavy (non-hydrogen) atoms. The lowest BCUT2D eigenvalue weighted by Gasteiger charge is -2.18. The van der Waals surface area contributed by atoms with E-state index in [2.05, 4.69) is 4.74 Å². The third-order valence-corrected chi connectivity index (χ3v) is 3.97. The van der Waals surface area contributed by atoms with Crippen molar-refractivity contribution < 1.29 is 37.3 Å². The van der Waals surface area contributed by atoms with Gasteiger partial charge in [0.2, 0.25) is 0 Å². The van der Waals surface area contributed by atoms with Crippen molar-refractivity contribution in [1.29, 1.82) is 0 Å². The number of ether oxygens (including phenoxy) is 4. The van der Waals surface area contributed by atoms with Gasteiger partial charge in [0.15, 0.2) is 17.3 Å². The number of hydrogen-bond acceptors (Lipinski definition) is 6. The summed E-state index contributed by atoms with van der Waals surface area (Å²) in [6, 6.07) is 10.7. The number of carbonyl (C=O) groups is 2. The van der Waals surface area contributed by atoms with Crippen LogP contribution in [0.2, 0.25) is 0 Å². The summed E-state index contributed by atoms with van der Waals surface area (Å²) in [4.78, 5) is 24.1. The van der Waals surface area contributed by atoms with Crippen molar-refractivity contribution in [3.05, 3.63) is 53.6 Å². The fraction of sp³-hybridized carbons (Fsp3) is 0.300. The third kappa shape index (κ3) is 5.42. The van der Waals surface area contributed by atoms with Gasteiger partial charge in [-0.25, -0.2) is 0 Å². The van der Waals surface area contributed by atoms with Gasteiger partial charge in [-0.15, -0.1) is 0 Å². The second-order valence-electron chi connectivity index (χ2n) is 5.96. The summed E-state index contributed by atoms with van der Waals surface area (Å²) in [7, 11) is 0. The molecule has 0 bridgehead atoms. The quantitative estimate of drug-likeness (QED) is 0.503. The van der Waals surface area contributed by atoms with Crippen LogP contribution >= 0.6 is 0 Å². The minimum absolute atomic E-state index is 0.000354. The molecule has 0 amide bonds. The first-order valence-corrected chi connectivity index (χ1v) is 8.63. The zero-order chi connectivity index (χ0) is 19.9. The zero-order valence-corrected chi connectivity index (χ0v) is 14.9. The van der Waals surface area contributed by atoms with Crippen molar-refractivity contribution >= 4 is 11.8 Å². The summed E-state index contributed by atoms with van der Waals surface area (Å²) < 4.78 is 44.4. The van der Waals surface area contributed by atoms with Crippen molar-refractivity contribution in [3.8, 4) is 17.2 Å². The minimum Gasteiger partial charge on any atom is -0.486 e. The molecule has 2 aromatic rings. The molecule has 0 saturated carbocycles. The van der Waals surface area contributed by atoms with Crippen molar-refractivity contribution in [2.75, 3.05) is 13.2 Å². The lowest BCUT2D eigenvalue weighted by molar-refractivity contribution is -0.144. The Morgan fingerprint density at radius 3 is 2.39 bits per heavy atom. The summed E-state index contributed by atoms with van der Waals surface area (Å²) in [5.74, 6) is 0.391. The van der Waals surface area contributed by atoms with Gasteiger partial charge in [0.25, 0.3) is 0 Å². The first-order valence-electron chi connectivity index (χ1n) is 8.63. The van der Waals surface area contributed by atoms with Gasteiger partial charge >= 0.3 is 12.6 Å². The summed E-state index contributed by atoms with van der Waals surface area (Å²) in [6.07, 6.45) is -0.0699. The lowest BCUT2D eigenvalue weighted by atomic mass is 10.1. The highest BCUT2D eigenvalue weighted by Crippen LogP contribution is 2.31. The Hall–Kier alpha value is -3.16. The Morgan fingerprint density at radius 1 is 0.964 bits per heavy atom. The molecule has 148 valence electrons. The third-order valence-electron chi connectivity index (χ3n) is 3.97. The second kappa shape index (κ2) is 9.16. The maximum Gasteiger partial charge on any atom is 0.387 e. The largest absolute Gasteiger partial charge is 0.486 e. The SMILES string of the molecule is O=C(CCC(=O)c1ccc2c(c1)OCCO2)OCc1ccc(OC(F)F)cc1. The average molecular weight is 392 g/mol. The van der Waals surface area contributed by atoms with Crippen LogP contribution in [0.25, 0.3) is 0 Å². The summed E-state index contributed by atoms with van der Waals surface area (Å²) in [6.45, 7) is -2.03. The lowest BCUT2D eigenvalue weighted by Crippen LogP contribution is -2.16. The van der Waals surface area contributed by atoms with Crippen LogP contribution in [0.4, 0.5) is 8.78 Å². The highest BCUT2D eigenvalue weighted by atomic mass is 19.3. The molecule has 0 unspecified atom stereocenters. The number of hydrogen-bond donors (Lipinski definition) is 0. The highest BCUT2D eigenvalue weighted by Gasteiger charge is 2.16. The Labute approximate surface area is 160 Å². The first kappa shape index (κ1) is 19.6. The van der Waals surface area contributed by atoms with Crippen molar-refractivity contribution in [2.24, 2.45) is 0 Å². The zero-order valence-electron chi connectivity index (χ0n) is 14.9. The van der Waals surface area contributed by atoms with Gasteiger partial charge in [0, 0.05) is 12.0 Å². The fourth-order valence-corrected chi connectivity index (χ4v) is 2.58. The molecule has 3 rings (SSSR count). The van der Waals surface area contributed by atoms with E-state index in [1.165, 1.54) is 24.3 Å². The Bertz CT molecular complexity index is 835. The van der Waals surface area contributed by atoms with E-state index in [0.717, 1.165) is 0 Å². The minimum atomic E-state index is -2.89. The number of fused-ring (bicyclic) bond motifs is 1. The number of rotatable bonds is 8.